The summed E-state index contributed by atoms with van der Waals surface area (Å²) in [5.74, 6) is 0.439. The molecule has 0 bridgehead atoms. The van der Waals surface area contributed by atoms with Gasteiger partial charge in [0, 0.05) is 19.5 Å². The van der Waals surface area contributed by atoms with Crippen LogP contribution in [-0.2, 0) is 16.0 Å². The number of anilines is 1. The Morgan fingerprint density at radius 2 is 2.08 bits per heavy atom. The van der Waals surface area contributed by atoms with Crippen LogP contribution in [0.1, 0.15) is 12.5 Å². The predicted octanol–water partition coefficient (Wildman–Crippen LogP) is 0.986. The Morgan fingerprint density at radius 1 is 1.38 bits per heavy atom. The average molecular weight is 183 g/mol. The minimum atomic E-state index is 0.166. The summed E-state index contributed by atoms with van der Waals surface area (Å²) in [5.41, 5.74) is 3.64. The van der Waals surface area contributed by atoms with Crippen molar-refractivity contribution < 1.29 is 9.57 Å². The van der Waals surface area contributed by atoms with E-state index in [4.69, 9.17) is 4.84 Å². The van der Waals surface area contributed by atoms with Gasteiger partial charge >= 0.3 is 0 Å². The number of hydrogen-bond acceptors (Lipinski definition) is 5. The van der Waals surface area contributed by atoms with Crippen LogP contribution in [0.4, 0.5) is 5.95 Å². The number of hydrogen-bond donors (Lipinski definition) is 1. The van der Waals surface area contributed by atoms with Gasteiger partial charge in [-0.1, -0.05) is 6.92 Å². The average Bonchev–Trinajstić information content (AvgIpc) is 2.19. The molecule has 0 saturated carbocycles. The van der Waals surface area contributed by atoms with Crippen molar-refractivity contribution in [3.05, 3.63) is 18.0 Å². The molecule has 0 aliphatic carbocycles. The fraction of sp³-hybridized carbons (Fsp3) is 0.500. The fourth-order valence-corrected chi connectivity index (χ4v) is 0.743. The van der Waals surface area contributed by atoms with Crippen molar-refractivity contribution in [1.82, 2.24) is 9.97 Å². The van der Waals surface area contributed by atoms with Crippen LogP contribution >= 0.6 is 0 Å². The van der Waals surface area contributed by atoms with E-state index in [-0.39, 0.29) is 6.79 Å². The van der Waals surface area contributed by atoms with Gasteiger partial charge in [0.1, 0.15) is 0 Å². The van der Waals surface area contributed by atoms with Gasteiger partial charge in [-0.2, -0.15) is 0 Å². The highest BCUT2D eigenvalue weighted by atomic mass is 16.7. The molecule has 5 nitrogen and oxygen atoms in total. The van der Waals surface area contributed by atoms with Gasteiger partial charge in [-0.25, -0.2) is 20.3 Å². The first-order valence-electron chi connectivity index (χ1n) is 4.04. The lowest BCUT2D eigenvalue weighted by molar-refractivity contribution is -0.00495. The van der Waals surface area contributed by atoms with E-state index < -0.39 is 0 Å². The number of nitrogens with zero attached hydrogens (tertiary/aromatic N) is 2. The number of aryl methyl sites for hydroxylation is 1. The molecular weight excluding hydrogens is 170 g/mol. The number of nitrogens with one attached hydrogen (secondary N) is 1. The van der Waals surface area contributed by atoms with Gasteiger partial charge in [-0.15, -0.1) is 0 Å². The summed E-state index contributed by atoms with van der Waals surface area (Å²) >= 11 is 0. The van der Waals surface area contributed by atoms with Crippen molar-refractivity contribution in [3.63, 3.8) is 0 Å². The molecule has 72 valence electrons. The summed E-state index contributed by atoms with van der Waals surface area (Å²) < 4.78 is 4.67. The first-order chi connectivity index (χ1) is 6.36. The van der Waals surface area contributed by atoms with Crippen LogP contribution in [0.15, 0.2) is 12.4 Å². The highest BCUT2D eigenvalue weighted by molar-refractivity contribution is 5.21. The zero-order chi connectivity index (χ0) is 9.52. The molecule has 0 atom stereocenters. The molecule has 0 aliphatic rings. The highest BCUT2D eigenvalue weighted by Crippen LogP contribution is 2.00. The Bertz CT molecular complexity index is 238. The predicted molar refractivity (Wildman–Crippen MR) is 48.0 cm³/mol. The largest absolute Gasteiger partial charge is 0.356 e. The van der Waals surface area contributed by atoms with Gasteiger partial charge in [0.25, 0.3) is 0 Å². The van der Waals surface area contributed by atoms with Gasteiger partial charge in [0.2, 0.25) is 5.95 Å². The number of ether oxygens (including phenoxy) is 1. The zero-order valence-corrected chi connectivity index (χ0v) is 7.78. The first kappa shape index (κ1) is 9.88. The Balaban J connectivity index is 2.40. The summed E-state index contributed by atoms with van der Waals surface area (Å²) in [5, 5.41) is 0. The van der Waals surface area contributed by atoms with Crippen LogP contribution in [0.25, 0.3) is 0 Å². The Kier molecular flexibility index (Phi) is 4.14. The Labute approximate surface area is 77.1 Å². The Morgan fingerprint density at radius 3 is 2.62 bits per heavy atom. The fourth-order valence-electron chi connectivity index (χ4n) is 0.743. The van der Waals surface area contributed by atoms with Crippen molar-refractivity contribution >= 4 is 5.95 Å². The lowest BCUT2D eigenvalue weighted by Crippen LogP contribution is -2.07. The van der Waals surface area contributed by atoms with Gasteiger partial charge in [-0.05, 0) is 12.0 Å². The molecule has 0 saturated heterocycles. The van der Waals surface area contributed by atoms with Gasteiger partial charge in [0.15, 0.2) is 6.79 Å². The van der Waals surface area contributed by atoms with Crippen molar-refractivity contribution in [3.8, 4) is 0 Å². The SMILES string of the molecule is CCc1cnc(NOCOC)nc1. The molecular formula is C8H13N3O2. The molecule has 0 radical (unpaired) electrons. The van der Waals surface area contributed by atoms with Crippen molar-refractivity contribution in [1.29, 1.82) is 0 Å². The number of rotatable bonds is 5. The smallest absolute Gasteiger partial charge is 0.247 e. The van der Waals surface area contributed by atoms with E-state index in [0.29, 0.717) is 5.95 Å². The van der Waals surface area contributed by atoms with Gasteiger partial charge < -0.3 is 4.74 Å². The van der Waals surface area contributed by atoms with Crippen LogP contribution in [-0.4, -0.2) is 23.9 Å². The quantitative estimate of drug-likeness (QED) is 0.419. The monoisotopic (exact) mass is 183 g/mol. The van der Waals surface area contributed by atoms with Gasteiger partial charge in [-0.3, -0.25) is 0 Å². The van der Waals surface area contributed by atoms with Crippen LogP contribution < -0.4 is 5.48 Å². The maximum atomic E-state index is 4.85. The van der Waals surface area contributed by atoms with E-state index in [2.05, 4.69) is 20.2 Å². The van der Waals surface area contributed by atoms with Crippen LogP contribution in [0, 0.1) is 0 Å². The van der Waals surface area contributed by atoms with Crippen molar-refractivity contribution in [2.75, 3.05) is 19.4 Å². The lowest BCUT2D eigenvalue weighted by Gasteiger charge is -2.03. The van der Waals surface area contributed by atoms with E-state index in [1.807, 2.05) is 6.92 Å². The molecule has 0 amide bonds. The van der Waals surface area contributed by atoms with E-state index in [9.17, 15) is 0 Å². The zero-order valence-electron chi connectivity index (χ0n) is 7.78. The summed E-state index contributed by atoms with van der Waals surface area (Å²) in [4.78, 5) is 12.9. The van der Waals surface area contributed by atoms with E-state index in [0.717, 1.165) is 12.0 Å². The summed E-state index contributed by atoms with van der Waals surface area (Å²) in [6.07, 6.45) is 4.44. The minimum absolute atomic E-state index is 0.166. The lowest BCUT2D eigenvalue weighted by atomic mass is 10.3. The molecule has 1 N–H and O–H groups in total. The van der Waals surface area contributed by atoms with Gasteiger partial charge in [0.05, 0.1) is 0 Å². The molecule has 5 heteroatoms. The first-order valence-corrected chi connectivity index (χ1v) is 4.04. The normalized spacial score (nSPS) is 10.0. The third-order valence-corrected chi connectivity index (χ3v) is 1.45. The molecule has 0 unspecified atom stereocenters. The third-order valence-electron chi connectivity index (χ3n) is 1.45. The molecule has 1 aromatic heterocycles. The van der Waals surface area contributed by atoms with Crippen molar-refractivity contribution in [2.24, 2.45) is 0 Å². The van der Waals surface area contributed by atoms with Crippen LogP contribution in [0.5, 0.6) is 0 Å². The van der Waals surface area contributed by atoms with Crippen molar-refractivity contribution in [2.45, 2.75) is 13.3 Å². The molecule has 0 aromatic carbocycles. The Hall–Kier alpha value is -1.20. The molecule has 0 fully saturated rings. The van der Waals surface area contributed by atoms with E-state index >= 15 is 0 Å². The minimum Gasteiger partial charge on any atom is -0.356 e. The maximum Gasteiger partial charge on any atom is 0.247 e. The molecule has 13 heavy (non-hydrogen) atoms. The second-order valence-corrected chi connectivity index (χ2v) is 2.42. The molecule has 1 rings (SSSR count). The molecule has 0 aliphatic heterocycles. The molecule has 1 heterocycles. The van der Waals surface area contributed by atoms with E-state index in [1.165, 1.54) is 0 Å². The van der Waals surface area contributed by atoms with Crippen LogP contribution in [0.3, 0.4) is 0 Å². The third kappa shape index (κ3) is 3.35. The maximum absolute atomic E-state index is 4.85. The highest BCUT2D eigenvalue weighted by Gasteiger charge is 1.94. The standard InChI is InChI=1S/C8H13N3O2/c1-3-7-4-9-8(10-5-7)11-13-6-12-2/h4-5H,3,6H2,1-2H3,(H,9,10,11). The second kappa shape index (κ2) is 5.45. The summed E-state index contributed by atoms with van der Waals surface area (Å²) in [6, 6.07) is 0. The summed E-state index contributed by atoms with van der Waals surface area (Å²) in [7, 11) is 1.54. The number of methoxy groups -OCH3 is 1. The number of aromatic nitrogens is 2. The molecule has 0 spiro atoms. The summed E-state index contributed by atoms with van der Waals surface area (Å²) in [6.45, 7) is 2.21. The second-order valence-electron chi connectivity index (χ2n) is 2.42. The topological polar surface area (TPSA) is 56.3 Å². The van der Waals surface area contributed by atoms with Crippen LogP contribution in [0.2, 0.25) is 0 Å². The molecule has 1 aromatic rings. The van der Waals surface area contributed by atoms with E-state index in [1.54, 1.807) is 19.5 Å².